The van der Waals surface area contributed by atoms with E-state index in [-0.39, 0.29) is 11.6 Å². The Morgan fingerprint density at radius 3 is 2.48 bits per heavy atom. The number of hydrogen-bond acceptors (Lipinski definition) is 6. The van der Waals surface area contributed by atoms with Gasteiger partial charge in [-0.05, 0) is 48.0 Å². The SMILES string of the molecule is CC(C)(C)OC(=O)N1CCCN1c1ncnc2c1cnn2C(C)(C)C. The van der Waals surface area contributed by atoms with Crippen molar-refractivity contribution >= 4 is 22.9 Å². The maximum Gasteiger partial charge on any atom is 0.429 e. The molecule has 25 heavy (non-hydrogen) atoms. The minimum Gasteiger partial charge on any atom is -0.442 e. The van der Waals surface area contributed by atoms with Crippen LogP contribution in [-0.4, -0.2) is 49.5 Å². The molecule has 0 atom stereocenters. The molecule has 0 aromatic carbocycles. The lowest BCUT2D eigenvalue weighted by Gasteiger charge is -2.31. The van der Waals surface area contributed by atoms with Gasteiger partial charge in [-0.25, -0.2) is 24.5 Å². The van der Waals surface area contributed by atoms with Gasteiger partial charge in [0, 0.05) is 13.1 Å². The maximum absolute atomic E-state index is 12.5. The van der Waals surface area contributed by atoms with Crippen LogP contribution in [0, 0.1) is 0 Å². The van der Waals surface area contributed by atoms with Gasteiger partial charge >= 0.3 is 6.09 Å². The summed E-state index contributed by atoms with van der Waals surface area (Å²) in [5, 5.41) is 8.79. The van der Waals surface area contributed by atoms with Crippen LogP contribution in [0.3, 0.4) is 0 Å². The first kappa shape index (κ1) is 17.4. The van der Waals surface area contributed by atoms with E-state index in [1.54, 1.807) is 11.2 Å². The summed E-state index contributed by atoms with van der Waals surface area (Å²) in [7, 11) is 0. The summed E-state index contributed by atoms with van der Waals surface area (Å²) >= 11 is 0. The number of amides is 1. The molecule has 136 valence electrons. The number of hydrazine groups is 1. The van der Waals surface area contributed by atoms with Gasteiger partial charge in [-0.2, -0.15) is 5.10 Å². The minimum absolute atomic E-state index is 0.191. The van der Waals surface area contributed by atoms with Crippen molar-refractivity contribution in [1.82, 2.24) is 24.8 Å². The second-order valence-corrected chi connectivity index (χ2v) is 8.24. The van der Waals surface area contributed by atoms with Crippen molar-refractivity contribution in [1.29, 1.82) is 0 Å². The molecule has 1 aliphatic rings. The van der Waals surface area contributed by atoms with Crippen LogP contribution in [0.4, 0.5) is 10.6 Å². The number of fused-ring (bicyclic) bond motifs is 1. The number of carbonyl (C=O) groups excluding carboxylic acids is 1. The lowest BCUT2D eigenvalue weighted by atomic mass is 10.1. The second-order valence-electron chi connectivity index (χ2n) is 8.24. The zero-order valence-corrected chi connectivity index (χ0v) is 15.8. The fourth-order valence-electron chi connectivity index (χ4n) is 2.86. The normalized spacial score (nSPS) is 15.9. The Balaban J connectivity index is 1.98. The van der Waals surface area contributed by atoms with Crippen LogP contribution in [0.2, 0.25) is 0 Å². The summed E-state index contributed by atoms with van der Waals surface area (Å²) in [5.41, 5.74) is 0.0284. The van der Waals surface area contributed by atoms with Gasteiger partial charge in [0.2, 0.25) is 0 Å². The van der Waals surface area contributed by atoms with Crippen LogP contribution in [0.5, 0.6) is 0 Å². The summed E-state index contributed by atoms with van der Waals surface area (Å²) in [6, 6.07) is 0. The van der Waals surface area contributed by atoms with Crippen molar-refractivity contribution in [2.24, 2.45) is 0 Å². The fourth-order valence-corrected chi connectivity index (χ4v) is 2.86. The molecule has 1 saturated heterocycles. The smallest absolute Gasteiger partial charge is 0.429 e. The van der Waals surface area contributed by atoms with Gasteiger partial charge in [-0.1, -0.05) is 0 Å². The highest BCUT2D eigenvalue weighted by molar-refractivity contribution is 5.88. The third kappa shape index (κ3) is 3.38. The largest absolute Gasteiger partial charge is 0.442 e. The Morgan fingerprint density at radius 2 is 1.84 bits per heavy atom. The number of carbonyl (C=O) groups is 1. The fraction of sp³-hybridized carbons (Fsp3) is 0.647. The van der Waals surface area contributed by atoms with Crippen molar-refractivity contribution in [3.8, 4) is 0 Å². The monoisotopic (exact) mass is 346 g/mol. The van der Waals surface area contributed by atoms with Crippen molar-refractivity contribution < 1.29 is 9.53 Å². The summed E-state index contributed by atoms with van der Waals surface area (Å²) in [6.07, 6.45) is 3.78. The van der Waals surface area contributed by atoms with E-state index in [2.05, 4.69) is 35.8 Å². The first-order valence-electron chi connectivity index (χ1n) is 8.55. The molecule has 2 aromatic heterocycles. The highest BCUT2D eigenvalue weighted by Gasteiger charge is 2.33. The molecule has 0 bridgehead atoms. The van der Waals surface area contributed by atoms with E-state index in [9.17, 15) is 4.79 Å². The van der Waals surface area contributed by atoms with E-state index in [0.717, 1.165) is 17.5 Å². The molecule has 8 heteroatoms. The lowest BCUT2D eigenvalue weighted by molar-refractivity contribution is 0.0273. The minimum atomic E-state index is -0.538. The Kier molecular flexibility index (Phi) is 4.09. The van der Waals surface area contributed by atoms with E-state index >= 15 is 0 Å². The van der Waals surface area contributed by atoms with E-state index in [1.165, 1.54) is 6.33 Å². The lowest BCUT2D eigenvalue weighted by Crippen LogP contribution is -2.44. The zero-order chi connectivity index (χ0) is 18.4. The van der Waals surface area contributed by atoms with E-state index in [0.29, 0.717) is 18.9 Å². The van der Waals surface area contributed by atoms with Gasteiger partial charge in [-0.15, -0.1) is 0 Å². The average Bonchev–Trinajstić information content (AvgIpc) is 3.11. The number of aromatic nitrogens is 4. The predicted octanol–water partition coefficient (Wildman–Crippen LogP) is 2.94. The molecule has 1 aliphatic heterocycles. The van der Waals surface area contributed by atoms with Gasteiger partial charge in [0.25, 0.3) is 0 Å². The van der Waals surface area contributed by atoms with E-state index in [4.69, 9.17) is 4.74 Å². The highest BCUT2D eigenvalue weighted by Crippen LogP contribution is 2.29. The van der Waals surface area contributed by atoms with Gasteiger partial charge in [-0.3, -0.25) is 5.01 Å². The molecular formula is C17H26N6O2. The molecule has 0 saturated carbocycles. The summed E-state index contributed by atoms with van der Waals surface area (Å²) < 4.78 is 7.40. The zero-order valence-electron chi connectivity index (χ0n) is 15.8. The van der Waals surface area contributed by atoms with Crippen molar-refractivity contribution in [3.63, 3.8) is 0 Å². The van der Waals surface area contributed by atoms with Gasteiger partial charge in [0.05, 0.1) is 17.1 Å². The van der Waals surface area contributed by atoms with Crippen LogP contribution in [0.25, 0.3) is 11.0 Å². The van der Waals surface area contributed by atoms with Crippen LogP contribution < -0.4 is 5.01 Å². The maximum atomic E-state index is 12.5. The molecule has 0 unspecified atom stereocenters. The number of ether oxygens (including phenoxy) is 1. The van der Waals surface area contributed by atoms with Crippen molar-refractivity contribution in [3.05, 3.63) is 12.5 Å². The van der Waals surface area contributed by atoms with Crippen molar-refractivity contribution in [2.75, 3.05) is 18.1 Å². The summed E-state index contributed by atoms with van der Waals surface area (Å²) in [6.45, 7) is 13.1. The Labute approximate surface area is 147 Å². The second kappa shape index (κ2) is 5.86. The quantitative estimate of drug-likeness (QED) is 0.790. The molecule has 0 radical (unpaired) electrons. The van der Waals surface area contributed by atoms with Gasteiger partial charge < -0.3 is 4.74 Å². The first-order chi connectivity index (χ1) is 11.6. The highest BCUT2D eigenvalue weighted by atomic mass is 16.6. The standard InChI is InChI=1S/C17H26N6O2/c1-16(2,3)23-14-12(10-20-23)13(18-11-19-14)21-8-7-9-22(21)15(24)25-17(4,5)6/h10-11H,7-9H2,1-6H3. The Hall–Kier alpha value is -2.38. The summed E-state index contributed by atoms with van der Waals surface area (Å²) in [4.78, 5) is 21.4. The Bertz CT molecular complexity index is 787. The number of nitrogens with zero attached hydrogens (tertiary/aromatic N) is 6. The number of anilines is 1. The molecule has 0 N–H and O–H groups in total. The third-order valence-corrected chi connectivity index (χ3v) is 3.86. The number of rotatable bonds is 1. The van der Waals surface area contributed by atoms with E-state index < -0.39 is 5.60 Å². The van der Waals surface area contributed by atoms with Crippen LogP contribution in [0.15, 0.2) is 12.5 Å². The molecule has 1 fully saturated rings. The topological polar surface area (TPSA) is 76.4 Å². The van der Waals surface area contributed by atoms with Gasteiger partial charge in [0.15, 0.2) is 11.5 Å². The molecular weight excluding hydrogens is 320 g/mol. The molecule has 2 aromatic rings. The number of hydrogen-bond donors (Lipinski definition) is 0. The molecule has 3 heterocycles. The van der Waals surface area contributed by atoms with Crippen LogP contribution >= 0.6 is 0 Å². The van der Waals surface area contributed by atoms with Crippen LogP contribution in [0.1, 0.15) is 48.0 Å². The molecule has 0 aliphatic carbocycles. The molecule has 0 spiro atoms. The Morgan fingerprint density at radius 1 is 1.12 bits per heavy atom. The summed E-state index contributed by atoms with van der Waals surface area (Å²) in [5.74, 6) is 0.684. The van der Waals surface area contributed by atoms with Crippen molar-refractivity contribution in [2.45, 2.75) is 59.1 Å². The third-order valence-electron chi connectivity index (χ3n) is 3.86. The molecule has 8 nitrogen and oxygen atoms in total. The molecule has 1 amide bonds. The average molecular weight is 346 g/mol. The van der Waals surface area contributed by atoms with Gasteiger partial charge in [0.1, 0.15) is 11.9 Å². The van der Waals surface area contributed by atoms with Crippen LogP contribution in [-0.2, 0) is 10.3 Å². The van der Waals surface area contributed by atoms with E-state index in [1.807, 2.05) is 30.5 Å². The first-order valence-corrected chi connectivity index (χ1v) is 8.55. The predicted molar refractivity (Wildman–Crippen MR) is 95.2 cm³/mol. The molecule has 3 rings (SSSR count).